The zero-order chi connectivity index (χ0) is 30.2. The molecule has 0 saturated carbocycles. The summed E-state index contributed by atoms with van der Waals surface area (Å²) in [6.45, 7) is 0. The van der Waals surface area contributed by atoms with Gasteiger partial charge in [-0.2, -0.15) is 0 Å². The summed E-state index contributed by atoms with van der Waals surface area (Å²) in [6, 6.07) is 54.6. The molecule has 0 radical (unpaired) electrons. The smallest absolute Gasteiger partial charge is 0.145 e. The van der Waals surface area contributed by atoms with Crippen LogP contribution in [0.3, 0.4) is 0 Å². The number of fused-ring (bicyclic) bond motifs is 9. The van der Waals surface area contributed by atoms with Crippen LogP contribution in [0, 0.1) is 0 Å². The Bertz CT molecular complexity index is 2770. The topological polar surface area (TPSA) is 16.4 Å². The molecule has 0 bridgehead atoms. The number of benzene rings is 7. The molecule has 3 heterocycles. The Balaban J connectivity index is 1.33. The third-order valence-corrected chi connectivity index (χ3v) is 11.3. The van der Waals surface area contributed by atoms with Crippen molar-refractivity contribution in [3.8, 4) is 11.1 Å². The van der Waals surface area contributed by atoms with Crippen molar-refractivity contribution in [2.75, 3.05) is 4.90 Å². The molecule has 7 aromatic carbocycles. The van der Waals surface area contributed by atoms with Crippen molar-refractivity contribution in [3.05, 3.63) is 152 Å². The molecule has 0 unspecified atom stereocenters. The monoisotopic (exact) mass is 623 g/mol. The Morgan fingerprint density at radius 1 is 0.435 bits per heavy atom. The van der Waals surface area contributed by atoms with Crippen LogP contribution in [-0.2, 0) is 0 Å². The Morgan fingerprint density at radius 3 is 1.96 bits per heavy atom. The van der Waals surface area contributed by atoms with Gasteiger partial charge in [0.15, 0.2) is 0 Å². The van der Waals surface area contributed by atoms with E-state index >= 15 is 0 Å². The minimum Gasteiger partial charge on any atom is -0.455 e. The largest absolute Gasteiger partial charge is 0.455 e. The third-order valence-electron chi connectivity index (χ3n) is 9.07. The molecule has 2 nitrogen and oxygen atoms in total. The van der Waals surface area contributed by atoms with Crippen LogP contribution in [0.2, 0.25) is 0 Å². The first-order valence-corrected chi connectivity index (χ1v) is 17.1. The minimum absolute atomic E-state index is 0.890. The minimum atomic E-state index is 0.890. The lowest BCUT2D eigenvalue weighted by Crippen LogP contribution is -2.10. The average molecular weight is 624 g/mol. The van der Waals surface area contributed by atoms with Gasteiger partial charge in [0.1, 0.15) is 11.2 Å². The molecular formula is C42H25NOS2. The van der Waals surface area contributed by atoms with Crippen LogP contribution in [0.4, 0.5) is 17.1 Å². The molecule has 216 valence electrons. The van der Waals surface area contributed by atoms with Crippen molar-refractivity contribution in [3.63, 3.8) is 0 Å². The molecule has 0 aliphatic heterocycles. The quantitative estimate of drug-likeness (QED) is 0.194. The predicted octanol–water partition coefficient (Wildman–Crippen LogP) is 13.5. The number of nitrogens with zero attached hydrogens (tertiary/aromatic N) is 1. The normalized spacial score (nSPS) is 11.9. The van der Waals surface area contributed by atoms with Gasteiger partial charge in [0.05, 0.1) is 16.8 Å². The van der Waals surface area contributed by atoms with Gasteiger partial charge in [-0.3, -0.25) is 0 Å². The number of thiophene rings is 2. The van der Waals surface area contributed by atoms with Crippen LogP contribution in [0.5, 0.6) is 0 Å². The van der Waals surface area contributed by atoms with Crippen molar-refractivity contribution in [1.82, 2.24) is 0 Å². The molecule has 0 fully saturated rings. The van der Waals surface area contributed by atoms with Crippen LogP contribution >= 0.6 is 22.7 Å². The predicted molar refractivity (Wildman–Crippen MR) is 200 cm³/mol. The van der Waals surface area contributed by atoms with Gasteiger partial charge in [0, 0.05) is 57.0 Å². The van der Waals surface area contributed by atoms with Crippen LogP contribution < -0.4 is 4.90 Å². The summed E-state index contributed by atoms with van der Waals surface area (Å²) in [5.74, 6) is 0. The molecule has 10 aromatic rings. The highest BCUT2D eigenvalue weighted by Crippen LogP contribution is 2.50. The van der Waals surface area contributed by atoms with Crippen LogP contribution in [-0.4, -0.2) is 0 Å². The molecule has 3 aromatic heterocycles. The molecule has 0 saturated heterocycles. The maximum Gasteiger partial charge on any atom is 0.145 e. The second-order valence-corrected chi connectivity index (χ2v) is 13.8. The SMILES string of the molecule is c1ccc(-c2ccc(N(c3ccc4c(c3)sc3ccccc34)c3cccc4sc5ccccc5c34)c3c2oc2ccccc23)cc1. The number of hydrogen-bond donors (Lipinski definition) is 0. The fourth-order valence-electron chi connectivity index (χ4n) is 7.05. The first kappa shape index (κ1) is 25.9. The molecule has 4 heteroatoms. The Morgan fingerprint density at radius 2 is 1.09 bits per heavy atom. The Labute approximate surface area is 273 Å². The van der Waals surface area contributed by atoms with Gasteiger partial charge in [-0.25, -0.2) is 0 Å². The van der Waals surface area contributed by atoms with Gasteiger partial charge in [-0.05, 0) is 60.2 Å². The highest BCUT2D eigenvalue weighted by atomic mass is 32.1. The van der Waals surface area contributed by atoms with Crippen molar-refractivity contribution in [2.45, 2.75) is 0 Å². The van der Waals surface area contributed by atoms with Crippen molar-refractivity contribution in [1.29, 1.82) is 0 Å². The van der Waals surface area contributed by atoms with Gasteiger partial charge in [0.25, 0.3) is 0 Å². The van der Waals surface area contributed by atoms with Gasteiger partial charge < -0.3 is 9.32 Å². The number of furan rings is 1. The van der Waals surface area contributed by atoms with Gasteiger partial charge in [-0.1, -0.05) is 97.1 Å². The molecule has 0 aliphatic rings. The van der Waals surface area contributed by atoms with Gasteiger partial charge in [0.2, 0.25) is 0 Å². The Kier molecular flexibility index (Phi) is 5.65. The molecule has 0 spiro atoms. The lowest BCUT2D eigenvalue weighted by molar-refractivity contribution is 0.670. The summed E-state index contributed by atoms with van der Waals surface area (Å²) in [6.07, 6.45) is 0. The van der Waals surface area contributed by atoms with Crippen molar-refractivity contribution < 1.29 is 4.42 Å². The lowest BCUT2D eigenvalue weighted by Gasteiger charge is -2.27. The molecule has 10 rings (SSSR count). The van der Waals surface area contributed by atoms with E-state index in [9.17, 15) is 0 Å². The van der Waals surface area contributed by atoms with E-state index in [1.807, 2.05) is 22.7 Å². The van der Waals surface area contributed by atoms with E-state index in [2.05, 4.69) is 157 Å². The molecule has 46 heavy (non-hydrogen) atoms. The fraction of sp³-hybridized carbons (Fsp3) is 0. The average Bonchev–Trinajstić information content (AvgIpc) is 3.80. The molecule has 0 aliphatic carbocycles. The van der Waals surface area contributed by atoms with Crippen molar-refractivity contribution >= 4 is 102 Å². The maximum absolute atomic E-state index is 6.73. The second-order valence-electron chi connectivity index (χ2n) is 11.7. The van der Waals surface area contributed by atoms with Crippen LogP contribution in [0.1, 0.15) is 0 Å². The number of anilines is 3. The molecule has 0 atom stereocenters. The first-order valence-electron chi connectivity index (χ1n) is 15.4. The van der Waals surface area contributed by atoms with E-state index in [0.29, 0.717) is 0 Å². The van der Waals surface area contributed by atoms with E-state index in [1.165, 1.54) is 40.3 Å². The highest BCUT2D eigenvalue weighted by Gasteiger charge is 2.24. The summed E-state index contributed by atoms with van der Waals surface area (Å²) < 4.78 is 11.9. The number of rotatable bonds is 4. The third kappa shape index (κ3) is 3.81. The summed E-state index contributed by atoms with van der Waals surface area (Å²) in [7, 11) is 0. The van der Waals surface area contributed by atoms with Crippen LogP contribution in [0.25, 0.3) is 73.4 Å². The first-order chi connectivity index (χ1) is 22.8. The summed E-state index contributed by atoms with van der Waals surface area (Å²) >= 11 is 3.71. The summed E-state index contributed by atoms with van der Waals surface area (Å²) in [5.41, 5.74) is 7.41. The van der Waals surface area contributed by atoms with Crippen molar-refractivity contribution in [2.24, 2.45) is 0 Å². The zero-order valence-electron chi connectivity index (χ0n) is 24.6. The zero-order valence-corrected chi connectivity index (χ0v) is 26.2. The lowest BCUT2D eigenvalue weighted by atomic mass is 9.99. The van der Waals surface area contributed by atoms with Gasteiger partial charge in [-0.15, -0.1) is 22.7 Å². The standard InChI is InChI=1S/C42H25NOS2/c1-2-11-26(12-3-1)28-23-24-34(41-31-14-4-7-17-35(31)44-42(28)41)43(27-21-22-30-29-13-5-8-18-36(29)46-39(30)25-27)33-16-10-20-38-40(33)32-15-6-9-19-37(32)45-38/h1-25H. The highest BCUT2D eigenvalue weighted by molar-refractivity contribution is 7.26. The van der Waals surface area contributed by atoms with E-state index in [4.69, 9.17) is 4.42 Å². The van der Waals surface area contributed by atoms with Crippen LogP contribution in [0.15, 0.2) is 156 Å². The molecular weight excluding hydrogens is 599 g/mol. The van der Waals surface area contributed by atoms with Gasteiger partial charge >= 0.3 is 0 Å². The molecule has 0 amide bonds. The maximum atomic E-state index is 6.73. The molecule has 0 N–H and O–H groups in total. The summed E-state index contributed by atoms with van der Waals surface area (Å²) in [4.78, 5) is 2.46. The number of para-hydroxylation sites is 1. The second kappa shape index (κ2) is 10.0. The summed E-state index contributed by atoms with van der Waals surface area (Å²) in [5, 5.41) is 7.38. The fourth-order valence-corrected chi connectivity index (χ4v) is 9.31. The van der Waals surface area contributed by atoms with E-state index in [0.717, 1.165) is 50.1 Å². The number of hydrogen-bond acceptors (Lipinski definition) is 4. The van der Waals surface area contributed by atoms with E-state index in [1.54, 1.807) is 0 Å². The van der Waals surface area contributed by atoms with E-state index < -0.39 is 0 Å². The Hall–Kier alpha value is -5.42. The van der Waals surface area contributed by atoms with E-state index in [-0.39, 0.29) is 0 Å².